The van der Waals surface area contributed by atoms with Gasteiger partial charge < -0.3 is 10.5 Å². The number of hydrogen-bond donors (Lipinski definition) is 1. The van der Waals surface area contributed by atoms with Crippen molar-refractivity contribution in [2.24, 2.45) is 5.73 Å². The average Bonchev–Trinajstić information content (AvgIpc) is 2.77. The van der Waals surface area contributed by atoms with Gasteiger partial charge in [0.15, 0.2) is 11.6 Å². The summed E-state index contributed by atoms with van der Waals surface area (Å²) in [5, 5.41) is 0. The maximum Gasteiger partial charge on any atom is 0.165 e. The van der Waals surface area contributed by atoms with Crippen molar-refractivity contribution in [3.05, 3.63) is 45.7 Å². The first-order chi connectivity index (χ1) is 9.09. The van der Waals surface area contributed by atoms with E-state index in [9.17, 15) is 4.39 Å². The van der Waals surface area contributed by atoms with Crippen molar-refractivity contribution in [2.45, 2.75) is 26.3 Å². The first-order valence-electron chi connectivity index (χ1n) is 6.15. The zero-order chi connectivity index (χ0) is 13.8. The van der Waals surface area contributed by atoms with Crippen LogP contribution >= 0.6 is 11.3 Å². The topological polar surface area (TPSA) is 48.1 Å². The highest BCUT2D eigenvalue weighted by molar-refractivity contribution is 7.09. The van der Waals surface area contributed by atoms with E-state index in [4.69, 9.17) is 10.5 Å². The van der Waals surface area contributed by atoms with Crippen molar-refractivity contribution in [3.63, 3.8) is 0 Å². The maximum absolute atomic E-state index is 13.8. The summed E-state index contributed by atoms with van der Waals surface area (Å²) >= 11 is 1.59. The lowest BCUT2D eigenvalue weighted by atomic mass is 10.1. The molecule has 1 aromatic heterocycles. The zero-order valence-electron chi connectivity index (χ0n) is 11.0. The van der Waals surface area contributed by atoms with Crippen molar-refractivity contribution < 1.29 is 9.13 Å². The Morgan fingerprint density at radius 2 is 2.26 bits per heavy atom. The van der Waals surface area contributed by atoms with Crippen LogP contribution in [0.4, 0.5) is 4.39 Å². The molecule has 102 valence electrons. The molecule has 0 saturated heterocycles. The summed E-state index contributed by atoms with van der Waals surface area (Å²) < 4.78 is 19.3. The van der Waals surface area contributed by atoms with Crippen molar-refractivity contribution in [1.29, 1.82) is 0 Å². The summed E-state index contributed by atoms with van der Waals surface area (Å²) in [5.41, 5.74) is 9.33. The van der Waals surface area contributed by atoms with E-state index in [2.05, 4.69) is 4.98 Å². The lowest BCUT2D eigenvalue weighted by Crippen LogP contribution is -2.11. The molecule has 0 aliphatic carbocycles. The fourth-order valence-corrected chi connectivity index (χ4v) is 2.61. The standard InChI is InChI=1S/C14H17FN2OS/c1-9(16)11-4-3-5-12(15)14(11)18-7-6-13-10(2)17-8-19-13/h3-5,8-9H,6-7,16H2,1-2H3/t9-/m0/s1. The molecule has 0 unspecified atom stereocenters. The molecule has 2 N–H and O–H groups in total. The van der Waals surface area contributed by atoms with E-state index in [0.717, 1.165) is 12.1 Å². The van der Waals surface area contributed by atoms with Gasteiger partial charge in [0.1, 0.15) is 0 Å². The number of aryl methyl sites for hydroxylation is 1. The van der Waals surface area contributed by atoms with Gasteiger partial charge in [0.2, 0.25) is 0 Å². The number of aromatic nitrogens is 1. The van der Waals surface area contributed by atoms with Crippen LogP contribution in [0.1, 0.15) is 29.1 Å². The number of nitrogens with zero attached hydrogens (tertiary/aromatic N) is 1. The molecule has 0 spiro atoms. The summed E-state index contributed by atoms with van der Waals surface area (Å²) in [5.74, 6) is -0.101. The fourth-order valence-electron chi connectivity index (χ4n) is 1.85. The molecule has 1 aromatic carbocycles. The van der Waals surface area contributed by atoms with Gasteiger partial charge in [-0.15, -0.1) is 11.3 Å². The van der Waals surface area contributed by atoms with E-state index in [1.54, 1.807) is 29.0 Å². The number of benzene rings is 1. The number of halogens is 1. The molecule has 0 saturated carbocycles. The molecule has 2 aromatic rings. The molecule has 0 bridgehead atoms. The smallest absolute Gasteiger partial charge is 0.165 e. The minimum Gasteiger partial charge on any atom is -0.490 e. The molecular weight excluding hydrogens is 263 g/mol. The number of hydrogen-bond acceptors (Lipinski definition) is 4. The van der Waals surface area contributed by atoms with E-state index in [0.29, 0.717) is 12.2 Å². The van der Waals surface area contributed by atoms with Gasteiger partial charge in [0, 0.05) is 22.9 Å². The lowest BCUT2D eigenvalue weighted by molar-refractivity contribution is 0.301. The molecule has 1 heterocycles. The Balaban J connectivity index is 2.05. The van der Waals surface area contributed by atoms with Crippen molar-refractivity contribution in [3.8, 4) is 5.75 Å². The van der Waals surface area contributed by atoms with E-state index in [1.165, 1.54) is 10.9 Å². The highest BCUT2D eigenvalue weighted by Crippen LogP contribution is 2.27. The van der Waals surface area contributed by atoms with Gasteiger partial charge >= 0.3 is 0 Å². The van der Waals surface area contributed by atoms with Gasteiger partial charge in [-0.1, -0.05) is 12.1 Å². The second kappa shape index (κ2) is 6.12. The van der Waals surface area contributed by atoms with Gasteiger partial charge in [-0.2, -0.15) is 0 Å². The Hall–Kier alpha value is -1.46. The first-order valence-corrected chi connectivity index (χ1v) is 7.03. The Morgan fingerprint density at radius 3 is 2.89 bits per heavy atom. The van der Waals surface area contributed by atoms with Crippen LogP contribution in [-0.2, 0) is 6.42 Å². The largest absolute Gasteiger partial charge is 0.490 e. The Morgan fingerprint density at radius 1 is 1.47 bits per heavy atom. The first kappa shape index (κ1) is 14.0. The predicted molar refractivity (Wildman–Crippen MR) is 75.1 cm³/mol. The number of para-hydroxylation sites is 1. The lowest BCUT2D eigenvalue weighted by Gasteiger charge is -2.14. The van der Waals surface area contributed by atoms with Gasteiger partial charge in [0.25, 0.3) is 0 Å². The normalized spacial score (nSPS) is 12.4. The molecule has 0 amide bonds. The van der Waals surface area contributed by atoms with Crippen LogP contribution in [0.25, 0.3) is 0 Å². The minimum atomic E-state index is -0.365. The third-order valence-electron chi connectivity index (χ3n) is 2.91. The summed E-state index contributed by atoms with van der Waals surface area (Å²) in [7, 11) is 0. The van der Waals surface area contributed by atoms with Crippen LogP contribution in [0.15, 0.2) is 23.7 Å². The summed E-state index contributed by atoms with van der Waals surface area (Å²) in [6.07, 6.45) is 0.725. The van der Waals surface area contributed by atoms with Crippen LogP contribution in [0.3, 0.4) is 0 Å². The third kappa shape index (κ3) is 3.30. The van der Waals surface area contributed by atoms with Crippen LogP contribution < -0.4 is 10.5 Å². The second-order valence-electron chi connectivity index (χ2n) is 4.41. The second-order valence-corrected chi connectivity index (χ2v) is 5.35. The van der Waals surface area contributed by atoms with Crippen LogP contribution in [0.5, 0.6) is 5.75 Å². The molecule has 2 rings (SSSR count). The summed E-state index contributed by atoms with van der Waals surface area (Å²) in [6.45, 7) is 4.20. The van der Waals surface area contributed by atoms with E-state index in [-0.39, 0.29) is 17.6 Å². The third-order valence-corrected chi connectivity index (χ3v) is 3.90. The maximum atomic E-state index is 13.8. The minimum absolute atomic E-state index is 0.254. The Bertz CT molecular complexity index is 554. The summed E-state index contributed by atoms with van der Waals surface area (Å²) in [6, 6.07) is 4.57. The van der Waals surface area contributed by atoms with Crippen LogP contribution in [0.2, 0.25) is 0 Å². The van der Waals surface area contributed by atoms with E-state index < -0.39 is 0 Å². The Labute approximate surface area is 116 Å². The van der Waals surface area contributed by atoms with Crippen molar-refractivity contribution in [2.75, 3.05) is 6.61 Å². The SMILES string of the molecule is Cc1ncsc1CCOc1c(F)cccc1[C@H](C)N. The number of thiazole rings is 1. The monoisotopic (exact) mass is 280 g/mol. The van der Waals surface area contributed by atoms with Gasteiger partial charge in [-0.25, -0.2) is 9.37 Å². The number of nitrogens with two attached hydrogens (primary N) is 1. The highest BCUT2D eigenvalue weighted by Gasteiger charge is 2.13. The van der Waals surface area contributed by atoms with Gasteiger partial charge in [0.05, 0.1) is 17.8 Å². The van der Waals surface area contributed by atoms with Crippen LogP contribution in [-0.4, -0.2) is 11.6 Å². The quantitative estimate of drug-likeness (QED) is 0.914. The van der Waals surface area contributed by atoms with E-state index >= 15 is 0 Å². The van der Waals surface area contributed by atoms with Crippen LogP contribution in [0, 0.1) is 12.7 Å². The zero-order valence-corrected chi connectivity index (χ0v) is 11.8. The molecule has 0 aliphatic rings. The van der Waals surface area contributed by atoms with Gasteiger partial charge in [-0.05, 0) is 19.9 Å². The molecule has 0 aliphatic heterocycles. The molecule has 19 heavy (non-hydrogen) atoms. The average molecular weight is 280 g/mol. The molecule has 3 nitrogen and oxygen atoms in total. The molecular formula is C14H17FN2OS. The summed E-state index contributed by atoms with van der Waals surface area (Å²) in [4.78, 5) is 5.34. The predicted octanol–water partition coefficient (Wildman–Crippen LogP) is 3.23. The Kier molecular flexibility index (Phi) is 4.50. The highest BCUT2D eigenvalue weighted by atomic mass is 32.1. The molecule has 1 atom stereocenters. The van der Waals surface area contributed by atoms with Crippen molar-refractivity contribution >= 4 is 11.3 Å². The van der Waals surface area contributed by atoms with E-state index in [1.807, 2.05) is 13.8 Å². The fraction of sp³-hybridized carbons (Fsp3) is 0.357. The number of rotatable bonds is 5. The molecule has 0 radical (unpaired) electrons. The van der Waals surface area contributed by atoms with Gasteiger partial charge in [-0.3, -0.25) is 0 Å². The molecule has 5 heteroatoms. The number of ether oxygens (including phenoxy) is 1. The van der Waals surface area contributed by atoms with Crippen molar-refractivity contribution in [1.82, 2.24) is 4.98 Å². The molecule has 0 fully saturated rings.